The molecule has 0 fully saturated rings. The van der Waals surface area contributed by atoms with E-state index in [0.717, 1.165) is 24.7 Å². The molecule has 1 aromatic carbocycles. The van der Waals surface area contributed by atoms with Crippen molar-refractivity contribution in [2.24, 2.45) is 0 Å². The number of hydrogen-bond acceptors (Lipinski definition) is 3. The van der Waals surface area contributed by atoms with Gasteiger partial charge in [-0.15, -0.1) is 5.10 Å². The fourth-order valence-corrected chi connectivity index (χ4v) is 2.53. The van der Waals surface area contributed by atoms with Gasteiger partial charge in [0.2, 0.25) is 5.16 Å². The molecular weight excluding hydrogens is 268 g/mol. The molecule has 1 heterocycles. The smallest absolute Gasteiger partial charge is 0.209 e. The molecule has 102 valence electrons. The molecule has 19 heavy (non-hydrogen) atoms. The Bertz CT molecular complexity index is 557. The topological polar surface area (TPSA) is 41.6 Å². The lowest BCUT2D eigenvalue weighted by Gasteiger charge is -2.09. The maximum Gasteiger partial charge on any atom is 0.209 e. The van der Waals surface area contributed by atoms with Crippen LogP contribution in [-0.2, 0) is 6.42 Å². The standard InChI is InChI=1S/C13H15F2N3S/c1-3-4-12-16-13(18-17-12)19-8(2)9-5-6-10(14)11(15)7-9/h5-8H,3-4H2,1-2H3,(H,16,17,18). The molecule has 2 rings (SSSR count). The molecule has 1 atom stereocenters. The van der Waals surface area contributed by atoms with Gasteiger partial charge in [0.05, 0.1) is 0 Å². The highest BCUT2D eigenvalue weighted by Gasteiger charge is 2.13. The van der Waals surface area contributed by atoms with Crippen LogP contribution in [0.3, 0.4) is 0 Å². The molecule has 0 radical (unpaired) electrons. The summed E-state index contributed by atoms with van der Waals surface area (Å²) in [6.07, 6.45) is 1.85. The molecule has 0 aliphatic heterocycles. The molecule has 0 bridgehead atoms. The van der Waals surface area contributed by atoms with Crippen LogP contribution in [0.5, 0.6) is 0 Å². The zero-order chi connectivity index (χ0) is 13.8. The summed E-state index contributed by atoms with van der Waals surface area (Å²) in [6.45, 7) is 3.98. The molecule has 1 aromatic heterocycles. The van der Waals surface area contributed by atoms with E-state index in [1.54, 1.807) is 6.07 Å². The SMILES string of the molecule is CCCc1nc(SC(C)c2ccc(F)c(F)c2)n[nH]1. The monoisotopic (exact) mass is 283 g/mol. The number of aromatic nitrogens is 3. The normalized spacial score (nSPS) is 12.6. The summed E-state index contributed by atoms with van der Waals surface area (Å²) in [5.41, 5.74) is 0.714. The van der Waals surface area contributed by atoms with E-state index in [-0.39, 0.29) is 5.25 Å². The van der Waals surface area contributed by atoms with Gasteiger partial charge in [0.1, 0.15) is 5.82 Å². The minimum absolute atomic E-state index is 0.0413. The van der Waals surface area contributed by atoms with Crippen LogP contribution in [0.25, 0.3) is 0 Å². The summed E-state index contributed by atoms with van der Waals surface area (Å²) >= 11 is 1.42. The number of thioether (sulfide) groups is 1. The number of rotatable bonds is 5. The van der Waals surface area contributed by atoms with Crippen molar-refractivity contribution < 1.29 is 8.78 Å². The minimum atomic E-state index is -0.830. The van der Waals surface area contributed by atoms with Crippen LogP contribution in [0.2, 0.25) is 0 Å². The number of hydrogen-bond donors (Lipinski definition) is 1. The number of nitrogens with one attached hydrogen (secondary N) is 1. The van der Waals surface area contributed by atoms with Crippen molar-refractivity contribution >= 4 is 11.8 Å². The van der Waals surface area contributed by atoms with Gasteiger partial charge in [0.25, 0.3) is 0 Å². The molecule has 0 saturated heterocycles. The molecule has 3 nitrogen and oxygen atoms in total. The lowest BCUT2D eigenvalue weighted by atomic mass is 10.1. The van der Waals surface area contributed by atoms with Crippen molar-refractivity contribution in [2.75, 3.05) is 0 Å². The molecule has 1 unspecified atom stereocenters. The van der Waals surface area contributed by atoms with Gasteiger partial charge in [-0.05, 0) is 31.0 Å². The fraction of sp³-hybridized carbons (Fsp3) is 0.385. The largest absolute Gasteiger partial charge is 0.262 e. The van der Waals surface area contributed by atoms with E-state index in [4.69, 9.17) is 0 Å². The third kappa shape index (κ3) is 3.53. The average Bonchev–Trinajstić information content (AvgIpc) is 2.80. The Morgan fingerprint density at radius 1 is 1.32 bits per heavy atom. The summed E-state index contributed by atoms with van der Waals surface area (Å²) < 4.78 is 26.0. The quantitative estimate of drug-likeness (QED) is 0.846. The van der Waals surface area contributed by atoms with E-state index < -0.39 is 11.6 Å². The molecule has 2 aromatic rings. The first kappa shape index (κ1) is 14.0. The van der Waals surface area contributed by atoms with E-state index in [9.17, 15) is 8.78 Å². The third-order valence-electron chi connectivity index (χ3n) is 2.69. The summed E-state index contributed by atoms with van der Waals surface area (Å²) in [5.74, 6) is -0.807. The zero-order valence-electron chi connectivity index (χ0n) is 10.8. The Morgan fingerprint density at radius 3 is 2.79 bits per heavy atom. The molecule has 0 spiro atoms. The number of halogens is 2. The molecule has 1 N–H and O–H groups in total. The van der Waals surface area contributed by atoms with Crippen molar-refractivity contribution in [3.05, 3.63) is 41.2 Å². The Morgan fingerprint density at radius 2 is 2.11 bits per heavy atom. The summed E-state index contributed by atoms with van der Waals surface area (Å²) in [5, 5.41) is 7.55. The van der Waals surface area contributed by atoms with Crippen molar-refractivity contribution in [3.63, 3.8) is 0 Å². The molecule has 0 amide bonds. The maximum absolute atomic E-state index is 13.2. The van der Waals surface area contributed by atoms with Crippen LogP contribution in [-0.4, -0.2) is 15.2 Å². The minimum Gasteiger partial charge on any atom is -0.262 e. The predicted molar refractivity (Wildman–Crippen MR) is 71.0 cm³/mol. The van der Waals surface area contributed by atoms with Crippen LogP contribution < -0.4 is 0 Å². The van der Waals surface area contributed by atoms with E-state index in [1.165, 1.54) is 17.8 Å². The summed E-state index contributed by atoms with van der Waals surface area (Å²) in [4.78, 5) is 4.33. The Hall–Kier alpha value is -1.43. The van der Waals surface area contributed by atoms with Crippen molar-refractivity contribution in [1.29, 1.82) is 0 Å². The van der Waals surface area contributed by atoms with Crippen LogP contribution in [0, 0.1) is 11.6 Å². The van der Waals surface area contributed by atoms with Gasteiger partial charge in [0.15, 0.2) is 11.6 Å². The maximum atomic E-state index is 13.2. The first-order valence-corrected chi connectivity index (χ1v) is 7.01. The van der Waals surface area contributed by atoms with Gasteiger partial charge in [-0.1, -0.05) is 24.8 Å². The first-order valence-electron chi connectivity index (χ1n) is 6.13. The summed E-state index contributed by atoms with van der Waals surface area (Å²) in [7, 11) is 0. The number of aryl methyl sites for hydroxylation is 1. The predicted octanol–water partition coefficient (Wildman–Crippen LogP) is 3.89. The Kier molecular flexibility index (Phi) is 4.52. The second-order valence-corrected chi connectivity index (χ2v) is 5.56. The molecule has 0 aliphatic carbocycles. The van der Waals surface area contributed by atoms with Crippen molar-refractivity contribution in [2.45, 2.75) is 37.1 Å². The van der Waals surface area contributed by atoms with E-state index >= 15 is 0 Å². The highest BCUT2D eigenvalue weighted by Crippen LogP contribution is 2.33. The Labute approximate surface area is 114 Å². The lowest BCUT2D eigenvalue weighted by molar-refractivity contribution is 0.507. The van der Waals surface area contributed by atoms with Crippen LogP contribution in [0.1, 0.15) is 36.9 Å². The second-order valence-electron chi connectivity index (χ2n) is 4.25. The zero-order valence-corrected chi connectivity index (χ0v) is 11.6. The van der Waals surface area contributed by atoms with Gasteiger partial charge in [-0.25, -0.2) is 13.8 Å². The third-order valence-corrected chi connectivity index (χ3v) is 3.71. The van der Waals surface area contributed by atoms with E-state index in [2.05, 4.69) is 22.1 Å². The van der Waals surface area contributed by atoms with E-state index in [1.807, 2.05) is 6.92 Å². The van der Waals surface area contributed by atoms with Gasteiger partial charge in [-0.2, -0.15) is 0 Å². The van der Waals surface area contributed by atoms with Gasteiger partial charge < -0.3 is 0 Å². The second kappa shape index (κ2) is 6.14. The van der Waals surface area contributed by atoms with Crippen LogP contribution in [0.4, 0.5) is 8.78 Å². The van der Waals surface area contributed by atoms with Gasteiger partial charge in [0, 0.05) is 11.7 Å². The van der Waals surface area contributed by atoms with Crippen LogP contribution >= 0.6 is 11.8 Å². The number of aromatic amines is 1. The summed E-state index contributed by atoms with van der Waals surface area (Å²) in [6, 6.07) is 3.94. The lowest BCUT2D eigenvalue weighted by Crippen LogP contribution is -1.93. The van der Waals surface area contributed by atoms with Gasteiger partial charge in [-0.3, -0.25) is 5.10 Å². The van der Waals surface area contributed by atoms with Crippen molar-refractivity contribution in [3.8, 4) is 0 Å². The molecular formula is C13H15F2N3S. The molecule has 6 heteroatoms. The highest BCUT2D eigenvalue weighted by molar-refractivity contribution is 7.99. The first-order chi connectivity index (χ1) is 9.10. The van der Waals surface area contributed by atoms with E-state index in [0.29, 0.717) is 10.7 Å². The number of H-pyrrole nitrogens is 1. The fourth-order valence-electron chi connectivity index (χ4n) is 1.67. The molecule has 0 saturated carbocycles. The van der Waals surface area contributed by atoms with Crippen LogP contribution in [0.15, 0.2) is 23.4 Å². The van der Waals surface area contributed by atoms with Gasteiger partial charge >= 0.3 is 0 Å². The van der Waals surface area contributed by atoms with Crippen molar-refractivity contribution in [1.82, 2.24) is 15.2 Å². The number of nitrogens with zero attached hydrogens (tertiary/aromatic N) is 2. The molecule has 0 aliphatic rings. The number of benzene rings is 1. The highest BCUT2D eigenvalue weighted by atomic mass is 32.2. The Balaban J connectivity index is 2.06. The average molecular weight is 283 g/mol.